The van der Waals surface area contributed by atoms with Crippen LogP contribution in [0.2, 0.25) is 0 Å². The van der Waals surface area contributed by atoms with Gasteiger partial charge in [-0.2, -0.15) is 4.99 Å². The number of amides is 1. The first kappa shape index (κ1) is 25.5. The van der Waals surface area contributed by atoms with Crippen LogP contribution in [-0.4, -0.2) is 60.4 Å². The topological polar surface area (TPSA) is 147 Å². The molecular weight excluding hydrogens is 456 g/mol. The van der Waals surface area contributed by atoms with Crippen LogP contribution in [0.15, 0.2) is 29.3 Å². The third kappa shape index (κ3) is 4.75. The third-order valence-corrected chi connectivity index (χ3v) is 5.85. The number of hydrogen-bond acceptors (Lipinski definition) is 9. The van der Waals surface area contributed by atoms with Crippen LogP contribution >= 0.6 is 0 Å². The van der Waals surface area contributed by atoms with Crippen molar-refractivity contribution in [2.75, 3.05) is 42.7 Å². The van der Waals surface area contributed by atoms with Crippen LogP contribution in [-0.2, 0) is 17.6 Å². The predicted octanol–water partition coefficient (Wildman–Crippen LogP) is 1.93. The second-order valence-electron chi connectivity index (χ2n) is 7.80. The van der Waals surface area contributed by atoms with E-state index >= 15 is 0 Å². The van der Waals surface area contributed by atoms with Crippen molar-refractivity contribution in [3.63, 3.8) is 0 Å². The lowest BCUT2D eigenvalue weighted by Crippen LogP contribution is -2.57. The number of guanidine groups is 1. The van der Waals surface area contributed by atoms with Crippen molar-refractivity contribution in [2.24, 2.45) is 16.1 Å². The van der Waals surface area contributed by atoms with Gasteiger partial charge >= 0.3 is 0 Å². The Hall–Kier alpha value is -4.15. The first-order chi connectivity index (χ1) is 16.8. The van der Waals surface area contributed by atoms with Gasteiger partial charge in [0, 0.05) is 0 Å². The Bertz CT molecular complexity index is 1050. The zero-order valence-corrected chi connectivity index (χ0v) is 20.6. The fourth-order valence-electron chi connectivity index (χ4n) is 4.17. The molecule has 0 radical (unpaired) electrons. The normalized spacial score (nSPS) is 14.5. The average molecular weight is 487 g/mol. The number of nitrogens with zero attached hydrogens (tertiary/aromatic N) is 1. The Morgan fingerprint density at radius 2 is 1.14 bits per heavy atom. The summed E-state index contributed by atoms with van der Waals surface area (Å²) in [6, 6.07) is 7.00. The third-order valence-electron chi connectivity index (χ3n) is 5.85. The fraction of sp³-hybridized carbons (Fsp3) is 0.375. The van der Waals surface area contributed by atoms with Crippen LogP contribution in [0, 0.1) is 10.8 Å². The lowest BCUT2D eigenvalue weighted by Gasteiger charge is -2.35. The van der Waals surface area contributed by atoms with Crippen LogP contribution in [0.25, 0.3) is 0 Å². The second-order valence-corrected chi connectivity index (χ2v) is 7.80. The maximum Gasteiger partial charge on any atom is 0.241 e. The van der Waals surface area contributed by atoms with Gasteiger partial charge in [-0.3, -0.25) is 15.5 Å². The van der Waals surface area contributed by atoms with Gasteiger partial charge in [-0.1, -0.05) is 0 Å². The molecule has 2 aromatic carbocycles. The van der Waals surface area contributed by atoms with E-state index in [-0.39, 0.29) is 24.6 Å². The number of amidine groups is 1. The Morgan fingerprint density at radius 1 is 0.771 bits per heavy atom. The van der Waals surface area contributed by atoms with E-state index in [0.717, 1.165) is 0 Å². The molecule has 2 aromatic rings. The van der Waals surface area contributed by atoms with Gasteiger partial charge in [0.15, 0.2) is 23.0 Å². The largest absolute Gasteiger partial charge is 0.493 e. The van der Waals surface area contributed by atoms with Crippen molar-refractivity contribution >= 4 is 17.7 Å². The average Bonchev–Trinajstić information content (AvgIpc) is 2.85. The van der Waals surface area contributed by atoms with Gasteiger partial charge in [0.1, 0.15) is 11.3 Å². The number of nitrogens with two attached hydrogens (primary N) is 1. The second kappa shape index (κ2) is 10.4. The Balaban J connectivity index is 2.17. The highest BCUT2D eigenvalue weighted by Crippen LogP contribution is 2.43. The Labute approximate surface area is 203 Å². The van der Waals surface area contributed by atoms with Crippen LogP contribution < -0.4 is 39.5 Å². The molecule has 0 aromatic heterocycles. The Morgan fingerprint density at radius 3 is 1.43 bits per heavy atom. The molecule has 0 fully saturated rings. The van der Waals surface area contributed by atoms with Crippen molar-refractivity contribution in [3.8, 4) is 34.5 Å². The lowest BCUT2D eigenvalue weighted by molar-refractivity contribution is -0.126. The molecule has 1 amide bonds. The van der Waals surface area contributed by atoms with Crippen LogP contribution in [0.3, 0.4) is 0 Å². The summed E-state index contributed by atoms with van der Waals surface area (Å²) in [4.78, 5) is 17.5. The highest BCUT2D eigenvalue weighted by atomic mass is 16.5. The summed E-state index contributed by atoms with van der Waals surface area (Å²) in [5, 5.41) is 10.3. The molecule has 0 saturated carbocycles. The molecule has 0 atom stereocenters. The number of aliphatic imine (C=N–C) groups is 1. The molecule has 1 heterocycles. The highest BCUT2D eigenvalue weighted by molar-refractivity contribution is 6.19. The van der Waals surface area contributed by atoms with Crippen molar-refractivity contribution in [1.82, 2.24) is 5.32 Å². The number of rotatable bonds is 10. The van der Waals surface area contributed by atoms with Gasteiger partial charge in [-0.25, -0.2) is 0 Å². The SMILES string of the molecule is COc1cc(CC2(Cc3cc(OC)c(OC)c(OC)c3)C(=O)NC(=N)N=C2N)cc(OC)c1OC. The molecule has 35 heavy (non-hydrogen) atoms. The highest BCUT2D eigenvalue weighted by Gasteiger charge is 2.46. The number of nitrogens with one attached hydrogen (secondary N) is 2. The maximum atomic E-state index is 13.4. The van der Waals surface area contributed by atoms with E-state index in [1.807, 2.05) is 0 Å². The minimum absolute atomic E-state index is 0.00811. The molecule has 0 bridgehead atoms. The summed E-state index contributed by atoms with van der Waals surface area (Å²) in [6.45, 7) is 0. The predicted molar refractivity (Wildman–Crippen MR) is 130 cm³/mol. The monoisotopic (exact) mass is 486 g/mol. The molecule has 1 aliphatic heterocycles. The number of carbonyl (C=O) groups excluding carboxylic acids is 1. The molecule has 11 nitrogen and oxygen atoms in total. The van der Waals surface area contributed by atoms with Crippen LogP contribution in [0.5, 0.6) is 34.5 Å². The standard InChI is InChI=1S/C24H30N4O7/c1-30-15-7-13(8-16(31-2)19(15)34-5)11-24(21(25)27-23(26)28-22(24)29)12-14-9-17(32-3)20(35-6)18(10-14)33-4/h7-10H,11-12H2,1-6H3,(H4,25,26,27,28,29). The number of carbonyl (C=O) groups is 1. The number of hydrogen-bond donors (Lipinski definition) is 3. The van der Waals surface area contributed by atoms with Gasteiger partial charge in [-0.05, 0) is 48.2 Å². The minimum atomic E-state index is -1.33. The zero-order valence-electron chi connectivity index (χ0n) is 20.6. The first-order valence-electron chi connectivity index (χ1n) is 10.6. The van der Waals surface area contributed by atoms with Gasteiger partial charge in [-0.15, -0.1) is 0 Å². The number of ether oxygens (including phenoxy) is 6. The van der Waals surface area contributed by atoms with Gasteiger partial charge < -0.3 is 34.2 Å². The van der Waals surface area contributed by atoms with Crippen LogP contribution in [0.4, 0.5) is 0 Å². The molecule has 4 N–H and O–H groups in total. The minimum Gasteiger partial charge on any atom is -0.493 e. The van der Waals surface area contributed by atoms with E-state index < -0.39 is 11.3 Å². The zero-order chi connectivity index (χ0) is 25.8. The van der Waals surface area contributed by atoms with Gasteiger partial charge in [0.05, 0.1) is 42.7 Å². The molecule has 0 saturated heterocycles. The number of benzene rings is 2. The van der Waals surface area contributed by atoms with Crippen molar-refractivity contribution in [1.29, 1.82) is 5.41 Å². The van der Waals surface area contributed by atoms with Crippen molar-refractivity contribution in [2.45, 2.75) is 12.8 Å². The van der Waals surface area contributed by atoms with Crippen molar-refractivity contribution in [3.05, 3.63) is 35.4 Å². The quantitative estimate of drug-likeness (QED) is 0.462. The molecule has 0 spiro atoms. The van der Waals surface area contributed by atoms with E-state index in [4.69, 9.17) is 39.6 Å². The van der Waals surface area contributed by atoms with E-state index in [2.05, 4.69) is 10.3 Å². The fourth-order valence-corrected chi connectivity index (χ4v) is 4.17. The smallest absolute Gasteiger partial charge is 0.241 e. The van der Waals surface area contributed by atoms with E-state index in [9.17, 15) is 4.79 Å². The lowest BCUT2D eigenvalue weighted by atomic mass is 9.73. The summed E-state index contributed by atoms with van der Waals surface area (Å²) < 4.78 is 32.7. The van der Waals surface area contributed by atoms with Crippen molar-refractivity contribution < 1.29 is 33.2 Å². The molecular formula is C24H30N4O7. The molecule has 188 valence electrons. The summed E-state index contributed by atoms with van der Waals surface area (Å²) in [5.74, 6) is 1.81. The van der Waals surface area contributed by atoms with Gasteiger partial charge in [0.2, 0.25) is 23.4 Å². The number of methoxy groups -OCH3 is 6. The summed E-state index contributed by atoms with van der Waals surface area (Å²) in [6.07, 6.45) is 0.268. The summed E-state index contributed by atoms with van der Waals surface area (Å²) >= 11 is 0. The van der Waals surface area contributed by atoms with E-state index in [1.54, 1.807) is 24.3 Å². The molecule has 0 unspecified atom stereocenters. The van der Waals surface area contributed by atoms with Gasteiger partial charge in [0.25, 0.3) is 0 Å². The maximum absolute atomic E-state index is 13.4. The van der Waals surface area contributed by atoms with E-state index in [0.29, 0.717) is 45.6 Å². The van der Waals surface area contributed by atoms with E-state index in [1.165, 1.54) is 42.7 Å². The molecule has 3 rings (SSSR count). The van der Waals surface area contributed by atoms with Crippen LogP contribution in [0.1, 0.15) is 11.1 Å². The Kier molecular flexibility index (Phi) is 7.58. The summed E-state index contributed by atoms with van der Waals surface area (Å²) in [7, 11) is 9.07. The molecule has 1 aliphatic rings. The summed E-state index contributed by atoms with van der Waals surface area (Å²) in [5.41, 5.74) is 6.40. The molecule has 11 heteroatoms. The molecule has 0 aliphatic carbocycles. The first-order valence-corrected chi connectivity index (χ1v) is 10.6.